The number of nitrogens with one attached hydrogen (secondary N) is 2. The Morgan fingerprint density at radius 3 is 2.53 bits per heavy atom. The van der Waals surface area contributed by atoms with Crippen LogP contribution in [-0.4, -0.2) is 30.0 Å². The van der Waals surface area contributed by atoms with Crippen molar-refractivity contribution in [3.8, 4) is 11.5 Å². The zero-order valence-electron chi connectivity index (χ0n) is 18.2. The standard InChI is InChI=1S/C26H22FN3O4/c27-18-6-3-5-17(15-18)26(10-13-33-14-11-26)25(32)30-29-24(31)20-16-22(23-9-4-12-34-23)28-21-8-2-1-7-19(20)21/h1-9,12,15-16H,10-11,13-14H2,(H,29,31)(H,30,32). The number of carbonyl (C=O) groups excluding carboxylic acids is 2. The summed E-state index contributed by atoms with van der Waals surface area (Å²) in [5.41, 5.74) is 6.11. The van der Waals surface area contributed by atoms with E-state index in [0.717, 1.165) is 0 Å². The van der Waals surface area contributed by atoms with E-state index in [9.17, 15) is 14.0 Å². The van der Waals surface area contributed by atoms with Crippen molar-refractivity contribution < 1.29 is 23.1 Å². The molecule has 0 atom stereocenters. The van der Waals surface area contributed by atoms with Gasteiger partial charge in [0.15, 0.2) is 5.76 Å². The third-order valence-corrected chi connectivity index (χ3v) is 6.18. The predicted molar refractivity (Wildman–Crippen MR) is 123 cm³/mol. The van der Waals surface area contributed by atoms with Crippen molar-refractivity contribution in [2.45, 2.75) is 18.3 Å². The average Bonchev–Trinajstić information content (AvgIpc) is 3.42. The van der Waals surface area contributed by atoms with Gasteiger partial charge in [-0.2, -0.15) is 0 Å². The molecule has 3 heterocycles. The molecule has 172 valence electrons. The predicted octanol–water partition coefficient (Wildman–Crippen LogP) is 4.14. The summed E-state index contributed by atoms with van der Waals surface area (Å²) in [6, 6.07) is 18.4. The summed E-state index contributed by atoms with van der Waals surface area (Å²) in [5.74, 6) is -0.814. The molecule has 4 aromatic rings. The Bertz CT molecular complexity index is 1350. The normalized spacial score (nSPS) is 15.1. The van der Waals surface area contributed by atoms with Crippen molar-refractivity contribution in [3.05, 3.63) is 89.9 Å². The number of halogens is 1. The SMILES string of the molecule is O=C(NNC(=O)C1(c2cccc(F)c2)CCOCC1)c1cc(-c2ccco2)nc2ccccc12. The van der Waals surface area contributed by atoms with Gasteiger partial charge in [0.2, 0.25) is 5.91 Å². The highest BCUT2D eigenvalue weighted by molar-refractivity contribution is 6.07. The van der Waals surface area contributed by atoms with E-state index in [2.05, 4.69) is 15.8 Å². The Kier molecular flexibility index (Phi) is 5.81. The number of amides is 2. The van der Waals surface area contributed by atoms with Gasteiger partial charge in [-0.05, 0) is 54.8 Å². The van der Waals surface area contributed by atoms with Crippen molar-refractivity contribution in [1.82, 2.24) is 15.8 Å². The van der Waals surface area contributed by atoms with Gasteiger partial charge in [-0.25, -0.2) is 9.37 Å². The Morgan fingerprint density at radius 2 is 1.76 bits per heavy atom. The van der Waals surface area contributed by atoms with Crippen LogP contribution in [0.1, 0.15) is 28.8 Å². The van der Waals surface area contributed by atoms with Crippen LogP contribution in [0.5, 0.6) is 0 Å². The molecule has 5 rings (SSSR count). The second kappa shape index (κ2) is 9.07. The van der Waals surface area contributed by atoms with Crippen molar-refractivity contribution >= 4 is 22.7 Å². The minimum atomic E-state index is -1.01. The number of nitrogens with zero attached hydrogens (tertiary/aromatic N) is 1. The lowest BCUT2D eigenvalue weighted by Gasteiger charge is -2.36. The lowest BCUT2D eigenvalue weighted by Crippen LogP contribution is -2.53. The van der Waals surface area contributed by atoms with E-state index in [4.69, 9.17) is 9.15 Å². The van der Waals surface area contributed by atoms with Crippen molar-refractivity contribution in [1.29, 1.82) is 0 Å². The highest BCUT2D eigenvalue weighted by atomic mass is 19.1. The quantitative estimate of drug-likeness (QED) is 0.448. The molecule has 2 amide bonds. The van der Waals surface area contributed by atoms with Crippen LogP contribution in [0.25, 0.3) is 22.4 Å². The van der Waals surface area contributed by atoms with Gasteiger partial charge in [-0.1, -0.05) is 30.3 Å². The third-order valence-electron chi connectivity index (χ3n) is 6.18. The first-order chi connectivity index (χ1) is 16.6. The molecule has 0 saturated carbocycles. The second-order valence-electron chi connectivity index (χ2n) is 8.16. The average molecular weight is 459 g/mol. The van der Waals surface area contributed by atoms with E-state index in [1.807, 2.05) is 12.1 Å². The number of carbonyl (C=O) groups is 2. The van der Waals surface area contributed by atoms with Gasteiger partial charge in [-0.15, -0.1) is 0 Å². The maximum absolute atomic E-state index is 13.9. The largest absolute Gasteiger partial charge is 0.463 e. The summed E-state index contributed by atoms with van der Waals surface area (Å²) < 4.78 is 24.8. The van der Waals surface area contributed by atoms with Crippen LogP contribution in [0, 0.1) is 5.82 Å². The molecule has 8 heteroatoms. The van der Waals surface area contributed by atoms with Crippen molar-refractivity contribution in [3.63, 3.8) is 0 Å². The summed E-state index contributed by atoms with van der Waals surface area (Å²) in [7, 11) is 0. The Labute approximate surface area is 194 Å². The summed E-state index contributed by atoms with van der Waals surface area (Å²) in [4.78, 5) is 31.1. The Morgan fingerprint density at radius 1 is 0.941 bits per heavy atom. The summed E-state index contributed by atoms with van der Waals surface area (Å²) in [6.45, 7) is 0.721. The number of ether oxygens (including phenoxy) is 1. The molecule has 2 aromatic heterocycles. The second-order valence-corrected chi connectivity index (χ2v) is 8.16. The number of aromatic nitrogens is 1. The van der Waals surface area contributed by atoms with Crippen LogP contribution in [0.15, 0.2) is 77.4 Å². The van der Waals surface area contributed by atoms with Crippen molar-refractivity contribution in [2.24, 2.45) is 0 Å². The fourth-order valence-electron chi connectivity index (χ4n) is 4.37. The molecule has 1 aliphatic rings. The molecule has 0 bridgehead atoms. The summed E-state index contributed by atoms with van der Waals surface area (Å²) in [6.07, 6.45) is 2.28. The van der Waals surface area contributed by atoms with Gasteiger partial charge in [0.05, 0.1) is 22.8 Å². The first kappa shape index (κ1) is 21.8. The molecule has 2 N–H and O–H groups in total. The molecule has 0 unspecified atom stereocenters. The van der Waals surface area contributed by atoms with Crippen LogP contribution in [0.2, 0.25) is 0 Å². The molecular weight excluding hydrogens is 437 g/mol. The molecule has 2 aromatic carbocycles. The lowest BCUT2D eigenvalue weighted by molar-refractivity contribution is -0.131. The minimum Gasteiger partial charge on any atom is -0.463 e. The topological polar surface area (TPSA) is 93.5 Å². The number of hydrogen-bond acceptors (Lipinski definition) is 5. The molecule has 1 saturated heterocycles. The zero-order chi connectivity index (χ0) is 23.5. The Balaban J connectivity index is 1.43. The first-order valence-corrected chi connectivity index (χ1v) is 11.0. The fourth-order valence-corrected chi connectivity index (χ4v) is 4.37. The van der Waals surface area contributed by atoms with Crippen LogP contribution >= 0.6 is 0 Å². The minimum absolute atomic E-state index is 0.337. The zero-order valence-corrected chi connectivity index (χ0v) is 18.2. The van der Waals surface area contributed by atoms with Crippen LogP contribution < -0.4 is 10.9 Å². The molecule has 34 heavy (non-hydrogen) atoms. The van der Waals surface area contributed by atoms with Gasteiger partial charge in [-0.3, -0.25) is 20.4 Å². The first-order valence-electron chi connectivity index (χ1n) is 11.0. The molecule has 1 aliphatic heterocycles. The maximum Gasteiger partial charge on any atom is 0.270 e. The number of para-hydroxylation sites is 1. The molecule has 1 fully saturated rings. The maximum atomic E-state index is 13.9. The van der Waals surface area contributed by atoms with E-state index < -0.39 is 23.0 Å². The smallest absolute Gasteiger partial charge is 0.270 e. The van der Waals surface area contributed by atoms with Gasteiger partial charge in [0, 0.05) is 18.6 Å². The fraction of sp³-hybridized carbons (Fsp3) is 0.192. The van der Waals surface area contributed by atoms with E-state index >= 15 is 0 Å². The lowest BCUT2D eigenvalue weighted by atomic mass is 9.73. The molecule has 0 radical (unpaired) electrons. The number of hydrogen-bond donors (Lipinski definition) is 2. The number of rotatable bonds is 4. The molecule has 0 spiro atoms. The highest BCUT2D eigenvalue weighted by Gasteiger charge is 2.42. The van der Waals surface area contributed by atoms with E-state index in [1.54, 1.807) is 42.5 Å². The van der Waals surface area contributed by atoms with Crippen molar-refractivity contribution in [2.75, 3.05) is 13.2 Å². The van der Waals surface area contributed by atoms with Gasteiger partial charge in [0.25, 0.3) is 5.91 Å². The number of pyridine rings is 1. The molecule has 7 nitrogen and oxygen atoms in total. The summed E-state index contributed by atoms with van der Waals surface area (Å²) in [5, 5.41) is 0.635. The highest BCUT2D eigenvalue weighted by Crippen LogP contribution is 2.35. The van der Waals surface area contributed by atoms with E-state index in [-0.39, 0.29) is 0 Å². The van der Waals surface area contributed by atoms with Crippen LogP contribution in [0.3, 0.4) is 0 Å². The van der Waals surface area contributed by atoms with Crippen LogP contribution in [0.4, 0.5) is 4.39 Å². The monoisotopic (exact) mass is 459 g/mol. The van der Waals surface area contributed by atoms with Gasteiger partial charge < -0.3 is 9.15 Å². The van der Waals surface area contributed by atoms with Gasteiger partial charge >= 0.3 is 0 Å². The number of benzene rings is 2. The van der Waals surface area contributed by atoms with E-state index in [0.29, 0.717) is 59.5 Å². The number of fused-ring (bicyclic) bond motifs is 1. The Hall–Kier alpha value is -4.04. The van der Waals surface area contributed by atoms with Crippen LogP contribution in [-0.2, 0) is 14.9 Å². The molecular formula is C26H22FN3O4. The van der Waals surface area contributed by atoms with Gasteiger partial charge in [0.1, 0.15) is 11.5 Å². The number of furan rings is 1. The third kappa shape index (κ3) is 4.04. The van der Waals surface area contributed by atoms with E-state index in [1.165, 1.54) is 18.4 Å². The summed E-state index contributed by atoms with van der Waals surface area (Å²) >= 11 is 0. The molecule has 0 aliphatic carbocycles. The number of hydrazine groups is 1.